The molecule has 17 heavy (non-hydrogen) atoms. The van der Waals surface area contributed by atoms with Gasteiger partial charge in [0.15, 0.2) is 5.11 Å². The molecule has 0 aromatic rings. The van der Waals surface area contributed by atoms with E-state index >= 15 is 0 Å². The molecular formula is C12H18N2O2S. The normalized spacial score (nSPS) is 20.5. The Morgan fingerprint density at radius 2 is 1.94 bits per heavy atom. The van der Waals surface area contributed by atoms with E-state index in [2.05, 4.69) is 17.2 Å². The molecule has 1 aliphatic heterocycles. The van der Waals surface area contributed by atoms with Crippen molar-refractivity contribution in [3.63, 3.8) is 0 Å². The van der Waals surface area contributed by atoms with E-state index in [1.165, 1.54) is 0 Å². The summed E-state index contributed by atoms with van der Waals surface area (Å²) >= 11 is 4.81. The Balaban J connectivity index is 3.10. The van der Waals surface area contributed by atoms with Gasteiger partial charge in [0.1, 0.15) is 5.41 Å². The van der Waals surface area contributed by atoms with Crippen molar-refractivity contribution >= 4 is 29.1 Å². The number of amides is 2. The molecule has 0 radical (unpaired) electrons. The van der Waals surface area contributed by atoms with Crippen molar-refractivity contribution in [3.8, 4) is 0 Å². The molecule has 2 amide bonds. The molecule has 0 spiro atoms. The average molecular weight is 254 g/mol. The predicted octanol–water partition coefficient (Wildman–Crippen LogP) is 1.52. The van der Waals surface area contributed by atoms with E-state index < -0.39 is 5.41 Å². The minimum absolute atomic E-state index is 0.0365. The molecule has 1 aliphatic rings. The smallest absolute Gasteiger partial charge is 0.242 e. The summed E-state index contributed by atoms with van der Waals surface area (Å²) in [7, 11) is 0. The second-order valence-electron chi connectivity index (χ2n) is 4.35. The highest BCUT2D eigenvalue weighted by atomic mass is 32.1. The zero-order valence-electron chi connectivity index (χ0n) is 10.2. The van der Waals surface area contributed by atoms with Gasteiger partial charge in [-0.1, -0.05) is 26.3 Å². The van der Waals surface area contributed by atoms with E-state index in [-0.39, 0.29) is 22.8 Å². The molecule has 5 heteroatoms. The van der Waals surface area contributed by atoms with Crippen LogP contribution in [0.4, 0.5) is 0 Å². The number of thiocarbonyl (C=S) groups is 1. The van der Waals surface area contributed by atoms with E-state index in [0.717, 1.165) is 6.42 Å². The number of carbonyl (C=O) groups is 2. The van der Waals surface area contributed by atoms with Crippen LogP contribution in [0.5, 0.6) is 0 Å². The number of hydrogen-bond acceptors (Lipinski definition) is 3. The quantitative estimate of drug-likeness (QED) is 0.444. The fourth-order valence-electron chi connectivity index (χ4n) is 2.16. The van der Waals surface area contributed by atoms with Gasteiger partial charge in [-0.2, -0.15) is 0 Å². The maximum Gasteiger partial charge on any atom is 0.242 e. The number of rotatable bonds is 5. The molecule has 94 valence electrons. The van der Waals surface area contributed by atoms with Crippen LogP contribution < -0.4 is 10.6 Å². The summed E-state index contributed by atoms with van der Waals surface area (Å²) in [5, 5.41) is 5.20. The molecule has 2 N–H and O–H groups in total. The number of carbonyl (C=O) groups excluding carboxylic acids is 2. The van der Waals surface area contributed by atoms with Crippen LogP contribution in [0.25, 0.3) is 0 Å². The lowest BCUT2D eigenvalue weighted by Crippen LogP contribution is -2.64. The molecular weight excluding hydrogens is 236 g/mol. The Bertz CT molecular complexity index is 346. The molecule has 1 rings (SSSR count). The highest BCUT2D eigenvalue weighted by Crippen LogP contribution is 2.37. The summed E-state index contributed by atoms with van der Waals surface area (Å²) in [6.45, 7) is 7.52. The summed E-state index contributed by atoms with van der Waals surface area (Å²) < 4.78 is 0. The highest BCUT2D eigenvalue weighted by molar-refractivity contribution is 7.80. The first-order chi connectivity index (χ1) is 7.98. The van der Waals surface area contributed by atoms with Crippen LogP contribution >= 0.6 is 12.2 Å². The standard InChI is InChI=1S/C12H18N2O2S/c1-4-6-7-12(8(3)5-2)9(15)13-11(17)14-10(12)16/h4,8H,1,5-7H2,2-3H3,(H2,13,14,15,16,17). The van der Waals surface area contributed by atoms with Gasteiger partial charge in [-0.3, -0.25) is 9.59 Å². The zero-order chi connectivity index (χ0) is 13.1. The SMILES string of the molecule is C=CCCC1(C(C)CC)C(=O)NC(=S)NC1=O. The number of nitrogens with one attached hydrogen (secondary N) is 2. The molecule has 0 aromatic carbocycles. The molecule has 0 aromatic heterocycles. The Hall–Kier alpha value is -1.23. The summed E-state index contributed by atoms with van der Waals surface area (Å²) in [4.78, 5) is 24.3. The van der Waals surface area contributed by atoms with Crippen LogP contribution in [0.3, 0.4) is 0 Å². The van der Waals surface area contributed by atoms with Crippen LogP contribution in [-0.2, 0) is 9.59 Å². The minimum Gasteiger partial charge on any atom is -0.302 e. The van der Waals surface area contributed by atoms with E-state index in [1.807, 2.05) is 13.8 Å². The second kappa shape index (κ2) is 5.40. The van der Waals surface area contributed by atoms with E-state index in [1.54, 1.807) is 6.08 Å². The zero-order valence-corrected chi connectivity index (χ0v) is 11.0. The third kappa shape index (κ3) is 2.39. The molecule has 0 saturated carbocycles. The van der Waals surface area contributed by atoms with Gasteiger partial charge in [0.25, 0.3) is 0 Å². The monoisotopic (exact) mass is 254 g/mol. The first kappa shape index (κ1) is 13.8. The van der Waals surface area contributed by atoms with Gasteiger partial charge in [0, 0.05) is 0 Å². The average Bonchev–Trinajstić information content (AvgIpc) is 2.27. The molecule has 1 saturated heterocycles. The Labute approximate surface area is 107 Å². The maximum atomic E-state index is 12.1. The molecule has 0 bridgehead atoms. The largest absolute Gasteiger partial charge is 0.302 e. The topological polar surface area (TPSA) is 58.2 Å². The molecule has 1 heterocycles. The van der Waals surface area contributed by atoms with Gasteiger partial charge in [0.2, 0.25) is 11.8 Å². The fraction of sp³-hybridized carbons (Fsp3) is 0.583. The van der Waals surface area contributed by atoms with Crippen molar-refractivity contribution < 1.29 is 9.59 Å². The summed E-state index contributed by atoms with van der Waals surface area (Å²) in [6.07, 6.45) is 3.56. The van der Waals surface area contributed by atoms with Crippen molar-refractivity contribution in [2.75, 3.05) is 0 Å². The van der Waals surface area contributed by atoms with Gasteiger partial charge in [-0.15, -0.1) is 6.58 Å². The summed E-state index contributed by atoms with van der Waals surface area (Å²) in [5.41, 5.74) is -1.02. The lowest BCUT2D eigenvalue weighted by Gasteiger charge is -2.39. The molecule has 1 fully saturated rings. The molecule has 4 nitrogen and oxygen atoms in total. The third-order valence-electron chi connectivity index (χ3n) is 3.46. The third-order valence-corrected chi connectivity index (χ3v) is 3.67. The first-order valence-electron chi connectivity index (χ1n) is 5.76. The molecule has 1 unspecified atom stereocenters. The number of allylic oxidation sites excluding steroid dienone is 1. The van der Waals surface area contributed by atoms with Crippen LogP contribution in [-0.4, -0.2) is 16.9 Å². The minimum atomic E-state index is -1.02. The lowest BCUT2D eigenvalue weighted by atomic mass is 9.69. The Kier molecular flexibility index (Phi) is 4.40. The van der Waals surface area contributed by atoms with E-state index in [4.69, 9.17) is 12.2 Å². The maximum absolute atomic E-state index is 12.1. The van der Waals surface area contributed by atoms with Gasteiger partial charge in [-0.25, -0.2) is 0 Å². The van der Waals surface area contributed by atoms with E-state index in [0.29, 0.717) is 12.8 Å². The van der Waals surface area contributed by atoms with Crippen molar-refractivity contribution in [2.45, 2.75) is 33.1 Å². The molecule has 0 aliphatic carbocycles. The van der Waals surface area contributed by atoms with Crippen LogP contribution in [0.15, 0.2) is 12.7 Å². The molecule has 1 atom stereocenters. The van der Waals surface area contributed by atoms with Crippen molar-refractivity contribution in [2.24, 2.45) is 11.3 Å². The van der Waals surface area contributed by atoms with Crippen LogP contribution in [0.1, 0.15) is 33.1 Å². The van der Waals surface area contributed by atoms with Crippen molar-refractivity contribution in [3.05, 3.63) is 12.7 Å². The predicted molar refractivity (Wildman–Crippen MR) is 70.2 cm³/mol. The fourth-order valence-corrected chi connectivity index (χ4v) is 2.35. The first-order valence-corrected chi connectivity index (χ1v) is 6.17. The van der Waals surface area contributed by atoms with Crippen LogP contribution in [0.2, 0.25) is 0 Å². The Morgan fingerprint density at radius 1 is 1.41 bits per heavy atom. The summed E-state index contributed by atoms with van der Waals surface area (Å²) in [6, 6.07) is 0. The van der Waals surface area contributed by atoms with Gasteiger partial charge < -0.3 is 10.6 Å². The lowest BCUT2D eigenvalue weighted by molar-refractivity contribution is -0.148. The highest BCUT2D eigenvalue weighted by Gasteiger charge is 2.51. The van der Waals surface area contributed by atoms with Gasteiger partial charge >= 0.3 is 0 Å². The second-order valence-corrected chi connectivity index (χ2v) is 4.75. The Morgan fingerprint density at radius 3 is 2.35 bits per heavy atom. The van der Waals surface area contributed by atoms with Crippen molar-refractivity contribution in [1.29, 1.82) is 0 Å². The van der Waals surface area contributed by atoms with Crippen LogP contribution in [0, 0.1) is 11.3 Å². The summed E-state index contributed by atoms with van der Waals surface area (Å²) in [5.74, 6) is -0.615. The number of hydrogen-bond donors (Lipinski definition) is 2. The van der Waals surface area contributed by atoms with Gasteiger partial charge in [-0.05, 0) is 31.0 Å². The van der Waals surface area contributed by atoms with Crippen molar-refractivity contribution in [1.82, 2.24) is 10.6 Å². The van der Waals surface area contributed by atoms with Gasteiger partial charge in [0.05, 0.1) is 0 Å². The van der Waals surface area contributed by atoms with E-state index in [9.17, 15) is 9.59 Å².